The molecule has 1 rings (SSSR count). The zero-order valence-electron chi connectivity index (χ0n) is 13.7. The fraction of sp³-hybridized carbons (Fsp3) is 1.00. The molecule has 0 aromatic heterocycles. The van der Waals surface area contributed by atoms with Crippen molar-refractivity contribution in [3.05, 3.63) is 0 Å². The molecule has 5 heteroatoms. The van der Waals surface area contributed by atoms with Gasteiger partial charge in [0.25, 0.3) is 0 Å². The van der Waals surface area contributed by atoms with E-state index in [1.807, 2.05) is 0 Å². The van der Waals surface area contributed by atoms with E-state index in [0.717, 1.165) is 32.5 Å². The summed E-state index contributed by atoms with van der Waals surface area (Å²) in [5, 5.41) is 3.45. The van der Waals surface area contributed by atoms with Gasteiger partial charge in [0.2, 0.25) is 0 Å². The first-order chi connectivity index (χ1) is 9.15. The molecule has 1 aliphatic rings. The molecule has 1 heterocycles. The van der Waals surface area contributed by atoms with Crippen LogP contribution in [0.4, 0.5) is 0 Å². The van der Waals surface area contributed by atoms with Gasteiger partial charge in [0.05, 0.1) is 16.6 Å². The third-order valence-electron chi connectivity index (χ3n) is 4.54. The Morgan fingerprint density at radius 2 is 2.00 bits per heavy atom. The monoisotopic (exact) mass is 305 g/mol. The zero-order chi connectivity index (χ0) is 15.4. The van der Waals surface area contributed by atoms with Gasteiger partial charge in [-0.25, -0.2) is 8.42 Å². The minimum absolute atomic E-state index is 0.0342. The zero-order valence-corrected chi connectivity index (χ0v) is 14.5. The molecule has 0 saturated carbocycles. The highest BCUT2D eigenvalue weighted by atomic mass is 32.2. The lowest BCUT2D eigenvalue weighted by Crippen LogP contribution is -2.42. The van der Waals surface area contributed by atoms with Gasteiger partial charge in [-0.1, -0.05) is 6.92 Å². The van der Waals surface area contributed by atoms with Crippen molar-refractivity contribution in [2.24, 2.45) is 5.41 Å². The first-order valence-electron chi connectivity index (χ1n) is 7.69. The molecule has 1 aliphatic heterocycles. The van der Waals surface area contributed by atoms with E-state index in [-0.39, 0.29) is 17.3 Å². The van der Waals surface area contributed by atoms with Crippen LogP contribution in [0.25, 0.3) is 0 Å². The molecule has 0 aromatic rings. The summed E-state index contributed by atoms with van der Waals surface area (Å²) in [4.78, 5) is 0. The summed E-state index contributed by atoms with van der Waals surface area (Å²) in [7, 11) is -3.06. The van der Waals surface area contributed by atoms with E-state index in [9.17, 15) is 8.42 Å². The average Bonchev–Trinajstić information content (AvgIpc) is 2.68. The Hall–Kier alpha value is -0.130. The number of hydrogen-bond donors (Lipinski definition) is 1. The number of hydrogen-bond acceptors (Lipinski definition) is 4. The fourth-order valence-electron chi connectivity index (χ4n) is 2.63. The third-order valence-corrected chi connectivity index (χ3v) is 7.14. The van der Waals surface area contributed by atoms with Crippen LogP contribution in [0.3, 0.4) is 0 Å². The molecule has 2 atom stereocenters. The summed E-state index contributed by atoms with van der Waals surface area (Å²) in [5.41, 5.74) is -0.0342. The van der Waals surface area contributed by atoms with Gasteiger partial charge < -0.3 is 10.1 Å². The maximum absolute atomic E-state index is 12.3. The predicted molar refractivity (Wildman–Crippen MR) is 83.8 cm³/mol. The molecule has 0 aliphatic carbocycles. The van der Waals surface area contributed by atoms with Gasteiger partial charge in [-0.05, 0) is 53.5 Å². The maximum atomic E-state index is 12.3. The number of ether oxygens (including phenoxy) is 1. The standard InChI is InChI=1S/C15H31NO3S/c1-6-9-16-12-15(7-10-19-13(15)2)8-11-20(17,18)14(3,4)5/h13,16H,6-12H2,1-5H3. The predicted octanol–water partition coefficient (Wildman–Crippen LogP) is 2.38. The average molecular weight is 305 g/mol. The van der Waals surface area contributed by atoms with Crippen LogP contribution in [0.15, 0.2) is 0 Å². The molecule has 4 nitrogen and oxygen atoms in total. The molecule has 20 heavy (non-hydrogen) atoms. The topological polar surface area (TPSA) is 55.4 Å². The van der Waals surface area contributed by atoms with E-state index >= 15 is 0 Å². The lowest BCUT2D eigenvalue weighted by atomic mass is 9.79. The highest BCUT2D eigenvalue weighted by molar-refractivity contribution is 7.92. The van der Waals surface area contributed by atoms with Crippen LogP contribution in [0.2, 0.25) is 0 Å². The number of sulfone groups is 1. The molecule has 0 bridgehead atoms. The Kier molecular flexibility index (Phi) is 6.05. The summed E-state index contributed by atoms with van der Waals surface area (Å²) in [6.45, 7) is 12.1. The molecule has 120 valence electrons. The van der Waals surface area contributed by atoms with Crippen LogP contribution >= 0.6 is 0 Å². The van der Waals surface area contributed by atoms with Crippen LogP contribution in [0.5, 0.6) is 0 Å². The molecular formula is C15H31NO3S. The summed E-state index contributed by atoms with van der Waals surface area (Å²) >= 11 is 0. The quantitative estimate of drug-likeness (QED) is 0.734. The molecule has 1 fully saturated rings. The number of rotatable bonds is 7. The summed E-state index contributed by atoms with van der Waals surface area (Å²) in [6, 6.07) is 0. The Labute approximate surface area is 124 Å². The van der Waals surface area contributed by atoms with Crippen LogP contribution in [0.1, 0.15) is 53.9 Å². The van der Waals surface area contributed by atoms with E-state index < -0.39 is 14.6 Å². The van der Waals surface area contributed by atoms with Crippen LogP contribution in [-0.2, 0) is 14.6 Å². The Bertz CT molecular complexity index is 400. The lowest BCUT2D eigenvalue weighted by molar-refractivity contribution is 0.0614. The normalized spacial score (nSPS) is 27.9. The highest BCUT2D eigenvalue weighted by Crippen LogP contribution is 2.38. The molecule has 1 saturated heterocycles. The largest absolute Gasteiger partial charge is 0.378 e. The van der Waals surface area contributed by atoms with Crippen LogP contribution in [0, 0.1) is 5.41 Å². The minimum atomic E-state index is -3.06. The van der Waals surface area contributed by atoms with Crippen molar-refractivity contribution in [2.45, 2.75) is 64.7 Å². The van der Waals surface area contributed by atoms with Crippen molar-refractivity contribution >= 4 is 9.84 Å². The van der Waals surface area contributed by atoms with Gasteiger partial charge in [-0.3, -0.25) is 0 Å². The smallest absolute Gasteiger partial charge is 0.155 e. The SMILES string of the molecule is CCCNCC1(CCS(=O)(=O)C(C)(C)C)CCOC1C. The van der Waals surface area contributed by atoms with Crippen molar-refractivity contribution < 1.29 is 13.2 Å². The Morgan fingerprint density at radius 1 is 1.35 bits per heavy atom. The Balaban J connectivity index is 2.72. The molecule has 2 unspecified atom stereocenters. The van der Waals surface area contributed by atoms with E-state index in [0.29, 0.717) is 6.42 Å². The third kappa shape index (κ3) is 4.18. The Morgan fingerprint density at radius 3 is 2.45 bits per heavy atom. The van der Waals surface area contributed by atoms with E-state index in [1.54, 1.807) is 20.8 Å². The van der Waals surface area contributed by atoms with Gasteiger partial charge in [-0.2, -0.15) is 0 Å². The molecule has 0 aromatic carbocycles. The van der Waals surface area contributed by atoms with E-state index in [4.69, 9.17) is 4.74 Å². The number of nitrogens with one attached hydrogen (secondary N) is 1. The minimum Gasteiger partial charge on any atom is -0.378 e. The molecular weight excluding hydrogens is 274 g/mol. The van der Waals surface area contributed by atoms with E-state index in [1.165, 1.54) is 0 Å². The van der Waals surface area contributed by atoms with Crippen molar-refractivity contribution in [3.63, 3.8) is 0 Å². The molecule has 1 N–H and O–H groups in total. The molecule has 0 radical (unpaired) electrons. The van der Waals surface area contributed by atoms with Crippen LogP contribution in [-0.4, -0.2) is 44.7 Å². The molecule has 0 spiro atoms. The summed E-state index contributed by atoms with van der Waals surface area (Å²) in [6.07, 6.45) is 2.85. The summed E-state index contributed by atoms with van der Waals surface area (Å²) in [5.74, 6) is 0.248. The maximum Gasteiger partial charge on any atom is 0.155 e. The second-order valence-corrected chi connectivity index (χ2v) is 9.85. The van der Waals surface area contributed by atoms with Crippen molar-refractivity contribution in [1.82, 2.24) is 5.32 Å². The van der Waals surface area contributed by atoms with Crippen LogP contribution < -0.4 is 5.32 Å². The van der Waals surface area contributed by atoms with Gasteiger partial charge in [0.1, 0.15) is 0 Å². The first kappa shape index (κ1) is 17.9. The van der Waals surface area contributed by atoms with E-state index in [2.05, 4.69) is 19.2 Å². The van der Waals surface area contributed by atoms with Crippen molar-refractivity contribution in [3.8, 4) is 0 Å². The van der Waals surface area contributed by atoms with Gasteiger partial charge >= 0.3 is 0 Å². The van der Waals surface area contributed by atoms with Gasteiger partial charge in [0, 0.05) is 18.6 Å². The summed E-state index contributed by atoms with van der Waals surface area (Å²) < 4.78 is 29.7. The fourth-order valence-corrected chi connectivity index (χ4v) is 3.91. The second kappa shape index (κ2) is 6.75. The van der Waals surface area contributed by atoms with Gasteiger partial charge in [-0.15, -0.1) is 0 Å². The lowest BCUT2D eigenvalue weighted by Gasteiger charge is -2.33. The second-order valence-electron chi connectivity index (χ2n) is 6.98. The highest BCUT2D eigenvalue weighted by Gasteiger charge is 2.42. The van der Waals surface area contributed by atoms with Crippen molar-refractivity contribution in [2.75, 3.05) is 25.4 Å². The molecule has 0 amide bonds. The van der Waals surface area contributed by atoms with Crippen molar-refractivity contribution in [1.29, 1.82) is 0 Å². The van der Waals surface area contributed by atoms with Gasteiger partial charge in [0.15, 0.2) is 9.84 Å². The first-order valence-corrected chi connectivity index (χ1v) is 9.34.